The van der Waals surface area contributed by atoms with Crippen molar-refractivity contribution in [3.63, 3.8) is 0 Å². The summed E-state index contributed by atoms with van der Waals surface area (Å²) in [5.41, 5.74) is 2.94. The number of piperazine rings is 1. The van der Waals surface area contributed by atoms with Gasteiger partial charge >= 0.3 is 6.03 Å². The number of likely N-dealkylation sites (N-methyl/N-ethyl adjacent to an activating group) is 1. The van der Waals surface area contributed by atoms with Gasteiger partial charge in [0.05, 0.1) is 0 Å². The van der Waals surface area contributed by atoms with Crippen LogP contribution in [0.1, 0.15) is 37.1 Å². The first-order valence-corrected chi connectivity index (χ1v) is 10.8. The SMILES string of the molecule is Cc1cccc2nc(C3CCN(C(=O)NC(C)CN4CCN(C)CC4)CC3)oc12. The summed E-state index contributed by atoms with van der Waals surface area (Å²) in [5.74, 6) is 1.10. The molecular formula is C22H33N5O2. The molecule has 0 radical (unpaired) electrons. The highest BCUT2D eigenvalue weighted by molar-refractivity contribution is 5.76. The highest BCUT2D eigenvalue weighted by Gasteiger charge is 2.28. The minimum atomic E-state index is 0.0542. The van der Waals surface area contributed by atoms with Crippen LogP contribution >= 0.6 is 0 Å². The molecule has 0 bridgehead atoms. The number of likely N-dealkylation sites (tertiary alicyclic amines) is 1. The number of hydrogen-bond donors (Lipinski definition) is 1. The van der Waals surface area contributed by atoms with E-state index < -0.39 is 0 Å². The number of nitrogens with one attached hydrogen (secondary N) is 1. The van der Waals surface area contributed by atoms with Crippen LogP contribution in [0.2, 0.25) is 0 Å². The van der Waals surface area contributed by atoms with Gasteiger partial charge in [0.2, 0.25) is 0 Å². The molecule has 1 unspecified atom stereocenters. The maximum atomic E-state index is 12.7. The van der Waals surface area contributed by atoms with E-state index in [1.807, 2.05) is 30.0 Å². The second-order valence-electron chi connectivity index (χ2n) is 8.69. The molecule has 2 aliphatic rings. The van der Waals surface area contributed by atoms with E-state index in [4.69, 9.17) is 9.40 Å². The Bertz CT molecular complexity index is 835. The lowest BCUT2D eigenvalue weighted by molar-refractivity contribution is 0.139. The van der Waals surface area contributed by atoms with Gasteiger partial charge in [0, 0.05) is 57.8 Å². The van der Waals surface area contributed by atoms with Crippen molar-refractivity contribution >= 4 is 17.1 Å². The van der Waals surface area contributed by atoms with Gasteiger partial charge in [-0.05, 0) is 45.4 Å². The summed E-state index contributed by atoms with van der Waals surface area (Å²) in [5, 5.41) is 3.18. The van der Waals surface area contributed by atoms with Gasteiger partial charge in [0.1, 0.15) is 5.52 Å². The third-order valence-electron chi connectivity index (χ3n) is 6.26. The highest BCUT2D eigenvalue weighted by atomic mass is 16.3. The number of urea groups is 1. The van der Waals surface area contributed by atoms with Crippen molar-refractivity contribution in [1.82, 2.24) is 25.0 Å². The number of aromatic nitrogens is 1. The fourth-order valence-electron chi connectivity index (χ4n) is 4.37. The molecule has 0 saturated carbocycles. The molecule has 29 heavy (non-hydrogen) atoms. The normalized spacial score (nSPS) is 20.9. The van der Waals surface area contributed by atoms with Crippen molar-refractivity contribution in [3.05, 3.63) is 29.7 Å². The van der Waals surface area contributed by atoms with E-state index in [0.717, 1.165) is 81.2 Å². The summed E-state index contributed by atoms with van der Waals surface area (Å²) in [6.45, 7) is 10.9. The van der Waals surface area contributed by atoms with E-state index in [0.29, 0.717) is 0 Å². The van der Waals surface area contributed by atoms with Crippen LogP contribution in [0.3, 0.4) is 0 Å². The van der Waals surface area contributed by atoms with Crippen molar-refractivity contribution in [3.8, 4) is 0 Å². The molecule has 1 atom stereocenters. The standard InChI is InChI=1S/C22H33N5O2/c1-16-5-4-6-19-20(16)29-21(24-19)18-7-9-27(10-8-18)22(28)23-17(2)15-26-13-11-25(3)12-14-26/h4-6,17-18H,7-15H2,1-3H3,(H,23,28). The summed E-state index contributed by atoms with van der Waals surface area (Å²) in [6, 6.07) is 6.27. The molecule has 1 N–H and O–H groups in total. The van der Waals surface area contributed by atoms with Gasteiger partial charge in [0.25, 0.3) is 0 Å². The Labute approximate surface area is 173 Å². The Balaban J connectivity index is 1.26. The molecule has 2 saturated heterocycles. The molecule has 0 spiro atoms. The van der Waals surface area contributed by atoms with Crippen LogP contribution in [0.4, 0.5) is 4.79 Å². The van der Waals surface area contributed by atoms with Crippen LogP contribution in [0.5, 0.6) is 0 Å². The lowest BCUT2D eigenvalue weighted by Crippen LogP contribution is -2.52. The Morgan fingerprint density at radius 3 is 2.62 bits per heavy atom. The Hall–Kier alpha value is -2.12. The predicted molar refractivity (Wildman–Crippen MR) is 114 cm³/mol. The summed E-state index contributed by atoms with van der Waals surface area (Å²) < 4.78 is 6.05. The quantitative estimate of drug-likeness (QED) is 0.856. The maximum absolute atomic E-state index is 12.7. The first kappa shape index (κ1) is 20.2. The average molecular weight is 400 g/mol. The fourth-order valence-corrected chi connectivity index (χ4v) is 4.37. The van der Waals surface area contributed by atoms with E-state index in [9.17, 15) is 4.79 Å². The molecule has 158 valence electrons. The number of benzene rings is 1. The fraction of sp³-hybridized carbons (Fsp3) is 0.636. The zero-order valence-electron chi connectivity index (χ0n) is 17.9. The van der Waals surface area contributed by atoms with E-state index >= 15 is 0 Å². The molecule has 4 rings (SSSR count). The minimum Gasteiger partial charge on any atom is -0.440 e. The van der Waals surface area contributed by atoms with Crippen molar-refractivity contribution < 1.29 is 9.21 Å². The smallest absolute Gasteiger partial charge is 0.317 e. The van der Waals surface area contributed by atoms with Crippen LogP contribution in [0.15, 0.2) is 22.6 Å². The Morgan fingerprint density at radius 1 is 1.21 bits per heavy atom. The van der Waals surface area contributed by atoms with Crippen LogP contribution in [-0.2, 0) is 0 Å². The van der Waals surface area contributed by atoms with Crippen molar-refractivity contribution in [1.29, 1.82) is 0 Å². The summed E-state index contributed by atoms with van der Waals surface area (Å²) >= 11 is 0. The van der Waals surface area contributed by atoms with Gasteiger partial charge in [-0.3, -0.25) is 4.90 Å². The number of para-hydroxylation sites is 1. The zero-order valence-corrected chi connectivity index (χ0v) is 17.9. The van der Waals surface area contributed by atoms with Gasteiger partial charge in [-0.15, -0.1) is 0 Å². The summed E-state index contributed by atoms with van der Waals surface area (Å²) in [4.78, 5) is 24.1. The number of fused-ring (bicyclic) bond motifs is 1. The molecule has 7 nitrogen and oxygen atoms in total. The Morgan fingerprint density at radius 2 is 1.93 bits per heavy atom. The van der Waals surface area contributed by atoms with Crippen molar-refractivity contribution in [2.75, 3.05) is 52.9 Å². The minimum absolute atomic E-state index is 0.0542. The topological polar surface area (TPSA) is 64.9 Å². The molecule has 2 fully saturated rings. The molecule has 2 amide bonds. The number of hydrogen-bond acceptors (Lipinski definition) is 5. The van der Waals surface area contributed by atoms with Gasteiger partial charge in [0.15, 0.2) is 11.5 Å². The molecule has 7 heteroatoms. The van der Waals surface area contributed by atoms with Gasteiger partial charge in [-0.1, -0.05) is 12.1 Å². The predicted octanol–water partition coefficient (Wildman–Crippen LogP) is 2.66. The summed E-state index contributed by atoms with van der Waals surface area (Å²) in [6.07, 6.45) is 1.79. The molecule has 1 aromatic heterocycles. The molecule has 1 aromatic carbocycles. The van der Waals surface area contributed by atoms with Crippen LogP contribution in [0, 0.1) is 6.92 Å². The van der Waals surface area contributed by atoms with Gasteiger partial charge in [-0.25, -0.2) is 9.78 Å². The number of nitrogens with zero attached hydrogens (tertiary/aromatic N) is 4. The third kappa shape index (κ3) is 4.73. The molecule has 2 aromatic rings. The van der Waals surface area contributed by atoms with Crippen molar-refractivity contribution in [2.45, 2.75) is 38.6 Å². The number of aryl methyl sites for hydroxylation is 1. The lowest BCUT2D eigenvalue weighted by Gasteiger charge is -2.35. The summed E-state index contributed by atoms with van der Waals surface area (Å²) in [7, 11) is 2.16. The van der Waals surface area contributed by atoms with Crippen LogP contribution in [0.25, 0.3) is 11.1 Å². The van der Waals surface area contributed by atoms with E-state index in [-0.39, 0.29) is 18.0 Å². The lowest BCUT2D eigenvalue weighted by atomic mass is 9.97. The Kier molecular flexibility index (Phi) is 6.06. The average Bonchev–Trinajstić information content (AvgIpc) is 3.15. The first-order valence-electron chi connectivity index (χ1n) is 10.8. The first-order chi connectivity index (χ1) is 14.0. The number of amides is 2. The number of rotatable bonds is 4. The van der Waals surface area contributed by atoms with Crippen molar-refractivity contribution in [2.24, 2.45) is 0 Å². The van der Waals surface area contributed by atoms with E-state index in [1.165, 1.54) is 0 Å². The zero-order chi connectivity index (χ0) is 20.4. The second-order valence-corrected chi connectivity index (χ2v) is 8.69. The molecular weight excluding hydrogens is 366 g/mol. The van der Waals surface area contributed by atoms with Crippen LogP contribution < -0.4 is 5.32 Å². The van der Waals surface area contributed by atoms with E-state index in [1.54, 1.807) is 0 Å². The highest BCUT2D eigenvalue weighted by Crippen LogP contribution is 2.30. The monoisotopic (exact) mass is 399 g/mol. The molecule has 2 aliphatic heterocycles. The second kappa shape index (κ2) is 8.71. The van der Waals surface area contributed by atoms with Gasteiger partial charge in [-0.2, -0.15) is 0 Å². The number of carbonyl (C=O) groups excluding carboxylic acids is 1. The molecule has 0 aliphatic carbocycles. The number of carbonyl (C=O) groups is 1. The molecule has 3 heterocycles. The maximum Gasteiger partial charge on any atom is 0.317 e. The van der Waals surface area contributed by atoms with E-state index in [2.05, 4.69) is 29.1 Å². The number of oxazole rings is 1. The largest absolute Gasteiger partial charge is 0.440 e. The van der Waals surface area contributed by atoms with Gasteiger partial charge < -0.3 is 19.5 Å². The third-order valence-corrected chi connectivity index (χ3v) is 6.26. The van der Waals surface area contributed by atoms with Crippen LogP contribution in [-0.4, -0.2) is 84.6 Å². The number of piperidine rings is 1.